The second kappa shape index (κ2) is 12.5. The van der Waals surface area contributed by atoms with Crippen molar-refractivity contribution in [3.63, 3.8) is 0 Å². The summed E-state index contributed by atoms with van der Waals surface area (Å²) in [6, 6.07) is 9.65. The predicted octanol–water partition coefficient (Wildman–Crippen LogP) is 5.24. The van der Waals surface area contributed by atoms with Crippen molar-refractivity contribution in [2.24, 2.45) is 0 Å². The normalized spacial score (nSPS) is 15.2. The van der Waals surface area contributed by atoms with Crippen LogP contribution in [0.4, 0.5) is 5.69 Å². The maximum Gasteiger partial charge on any atom is 0.244 e. The number of carbonyl (C=O) groups excluding carboxylic acids is 2. The second-order valence-electron chi connectivity index (χ2n) is 9.75. The minimum atomic E-state index is -3.82. The van der Waals surface area contributed by atoms with Crippen LogP contribution in [0.15, 0.2) is 36.4 Å². The molecule has 0 bridgehead atoms. The molecule has 0 unspecified atom stereocenters. The van der Waals surface area contributed by atoms with Crippen LogP contribution in [-0.2, 0) is 26.2 Å². The van der Waals surface area contributed by atoms with Gasteiger partial charge in [-0.1, -0.05) is 66.7 Å². The minimum Gasteiger partial charge on any atom is -0.352 e. The van der Waals surface area contributed by atoms with Crippen LogP contribution in [0.2, 0.25) is 10.0 Å². The maximum absolute atomic E-state index is 13.8. The first-order chi connectivity index (χ1) is 17.4. The SMILES string of the molecule is Cc1cccc(C)c1N(CC(=O)N(Cc1c(Cl)cccc1Cl)[C@@H](C)C(=O)NC1CCCCC1)S(C)(=O)=O. The summed E-state index contributed by atoms with van der Waals surface area (Å²) in [6.45, 7) is 4.73. The number of nitrogens with zero attached hydrogens (tertiary/aromatic N) is 2. The zero-order chi connectivity index (χ0) is 27.3. The number of sulfonamides is 1. The lowest BCUT2D eigenvalue weighted by Crippen LogP contribution is -2.53. The first-order valence-corrected chi connectivity index (χ1v) is 15.1. The summed E-state index contributed by atoms with van der Waals surface area (Å²) in [5.41, 5.74) is 2.40. The molecule has 1 N–H and O–H groups in total. The van der Waals surface area contributed by atoms with Gasteiger partial charge in [0.05, 0.1) is 11.9 Å². The second-order valence-corrected chi connectivity index (χ2v) is 12.5. The summed E-state index contributed by atoms with van der Waals surface area (Å²) >= 11 is 12.8. The molecular weight excluding hydrogens is 533 g/mol. The summed E-state index contributed by atoms with van der Waals surface area (Å²) in [4.78, 5) is 28.4. The monoisotopic (exact) mass is 567 g/mol. The van der Waals surface area contributed by atoms with Crippen LogP contribution in [-0.4, -0.2) is 50.0 Å². The van der Waals surface area contributed by atoms with Gasteiger partial charge in [-0.15, -0.1) is 0 Å². The summed E-state index contributed by atoms with van der Waals surface area (Å²) in [6.07, 6.45) is 6.12. The van der Waals surface area contributed by atoms with E-state index in [2.05, 4.69) is 5.32 Å². The Morgan fingerprint density at radius 1 is 1.00 bits per heavy atom. The van der Waals surface area contributed by atoms with Crippen LogP contribution >= 0.6 is 23.2 Å². The van der Waals surface area contributed by atoms with Crippen LogP contribution < -0.4 is 9.62 Å². The molecule has 1 atom stereocenters. The van der Waals surface area contributed by atoms with E-state index in [1.807, 2.05) is 6.07 Å². The highest BCUT2D eigenvalue weighted by Crippen LogP contribution is 2.29. The van der Waals surface area contributed by atoms with E-state index in [-0.39, 0.29) is 18.5 Å². The fourth-order valence-electron chi connectivity index (χ4n) is 4.78. The van der Waals surface area contributed by atoms with Crippen LogP contribution in [0.1, 0.15) is 55.7 Å². The summed E-state index contributed by atoms with van der Waals surface area (Å²) in [7, 11) is -3.82. The lowest BCUT2D eigenvalue weighted by molar-refractivity contribution is -0.139. The number of anilines is 1. The molecule has 1 fully saturated rings. The lowest BCUT2D eigenvalue weighted by Gasteiger charge is -2.33. The van der Waals surface area contributed by atoms with Crippen LogP contribution in [0.25, 0.3) is 0 Å². The molecule has 0 spiro atoms. The van der Waals surface area contributed by atoms with E-state index >= 15 is 0 Å². The Kier molecular flexibility index (Phi) is 9.89. The maximum atomic E-state index is 13.8. The van der Waals surface area contributed by atoms with E-state index in [0.717, 1.165) is 53.8 Å². The number of halogens is 2. The molecule has 0 radical (unpaired) electrons. The van der Waals surface area contributed by atoms with Gasteiger partial charge in [0.15, 0.2) is 0 Å². The number of amides is 2. The third-order valence-corrected chi connectivity index (χ3v) is 8.70. The minimum absolute atomic E-state index is 0.0407. The van der Waals surface area contributed by atoms with Gasteiger partial charge in [0.1, 0.15) is 12.6 Å². The fourth-order valence-corrected chi connectivity index (χ4v) is 6.26. The van der Waals surface area contributed by atoms with Crippen molar-refractivity contribution in [3.8, 4) is 0 Å². The molecule has 37 heavy (non-hydrogen) atoms. The van der Waals surface area contributed by atoms with E-state index in [9.17, 15) is 18.0 Å². The molecule has 0 aliphatic heterocycles. The van der Waals surface area contributed by atoms with E-state index in [0.29, 0.717) is 21.3 Å². The van der Waals surface area contributed by atoms with Gasteiger partial charge < -0.3 is 10.2 Å². The Morgan fingerprint density at radius 3 is 2.08 bits per heavy atom. The van der Waals surface area contributed by atoms with Crippen molar-refractivity contribution >= 4 is 50.7 Å². The molecule has 0 saturated heterocycles. The Labute approximate surface area is 230 Å². The van der Waals surface area contributed by atoms with Crippen molar-refractivity contribution < 1.29 is 18.0 Å². The number of aryl methyl sites for hydroxylation is 2. The van der Waals surface area contributed by atoms with Crippen LogP contribution in [0.5, 0.6) is 0 Å². The molecule has 2 aromatic rings. The molecule has 202 valence electrons. The molecule has 2 aromatic carbocycles. The number of rotatable bonds is 9. The summed E-state index contributed by atoms with van der Waals surface area (Å²) < 4.78 is 26.8. The van der Waals surface area contributed by atoms with E-state index < -0.39 is 28.5 Å². The van der Waals surface area contributed by atoms with Gasteiger partial charge in [-0.05, 0) is 56.9 Å². The first kappa shape index (κ1) is 29.3. The number of benzene rings is 2. The molecule has 7 nitrogen and oxygen atoms in total. The molecule has 3 rings (SSSR count). The zero-order valence-electron chi connectivity index (χ0n) is 21.8. The van der Waals surface area contributed by atoms with Gasteiger partial charge in [0, 0.05) is 28.2 Å². The third-order valence-electron chi connectivity index (χ3n) is 6.88. The third kappa shape index (κ3) is 7.39. The molecule has 1 saturated carbocycles. The zero-order valence-corrected chi connectivity index (χ0v) is 24.1. The number of hydrogen-bond donors (Lipinski definition) is 1. The summed E-state index contributed by atoms with van der Waals surface area (Å²) in [5.74, 6) is -0.822. The highest BCUT2D eigenvalue weighted by molar-refractivity contribution is 7.92. The topological polar surface area (TPSA) is 86.8 Å². The van der Waals surface area contributed by atoms with Crippen molar-refractivity contribution in [2.75, 3.05) is 17.1 Å². The molecular formula is C27H35Cl2N3O4S. The Balaban J connectivity index is 1.96. The molecule has 1 aliphatic rings. The number of nitrogens with one attached hydrogen (secondary N) is 1. The first-order valence-electron chi connectivity index (χ1n) is 12.5. The van der Waals surface area contributed by atoms with E-state index in [4.69, 9.17) is 23.2 Å². The number of hydrogen-bond acceptors (Lipinski definition) is 4. The van der Waals surface area contributed by atoms with Gasteiger partial charge in [-0.25, -0.2) is 8.42 Å². The van der Waals surface area contributed by atoms with Crippen molar-refractivity contribution in [1.82, 2.24) is 10.2 Å². The molecule has 10 heteroatoms. The van der Waals surface area contributed by atoms with Gasteiger partial charge in [0.2, 0.25) is 21.8 Å². The average Bonchev–Trinajstić information content (AvgIpc) is 2.82. The van der Waals surface area contributed by atoms with Gasteiger partial charge >= 0.3 is 0 Å². The van der Waals surface area contributed by atoms with Gasteiger partial charge in [-0.2, -0.15) is 0 Å². The smallest absolute Gasteiger partial charge is 0.244 e. The number of para-hydroxylation sites is 1. The van der Waals surface area contributed by atoms with Crippen LogP contribution in [0.3, 0.4) is 0 Å². The molecule has 0 heterocycles. The average molecular weight is 569 g/mol. The molecule has 1 aliphatic carbocycles. The lowest BCUT2D eigenvalue weighted by atomic mass is 9.95. The largest absolute Gasteiger partial charge is 0.352 e. The summed E-state index contributed by atoms with van der Waals surface area (Å²) in [5, 5.41) is 3.79. The molecule has 2 amide bonds. The van der Waals surface area contributed by atoms with E-state index in [1.165, 1.54) is 4.90 Å². The fraction of sp³-hybridized carbons (Fsp3) is 0.481. The number of carbonyl (C=O) groups is 2. The highest BCUT2D eigenvalue weighted by Gasteiger charge is 2.32. The Bertz CT molecular complexity index is 1210. The molecule has 0 aromatic heterocycles. The van der Waals surface area contributed by atoms with Crippen molar-refractivity contribution in [2.45, 2.75) is 71.5 Å². The standard InChI is InChI=1S/C27H35Cl2N3O4S/c1-18-10-8-11-19(2)26(18)32(37(4,35)36)17-25(33)31(16-22-23(28)14-9-15-24(22)29)20(3)27(34)30-21-12-6-5-7-13-21/h8-11,14-15,20-21H,5-7,12-13,16-17H2,1-4H3,(H,30,34)/t20-/m0/s1. The van der Waals surface area contributed by atoms with Crippen molar-refractivity contribution in [1.29, 1.82) is 0 Å². The van der Waals surface area contributed by atoms with Crippen LogP contribution in [0, 0.1) is 13.8 Å². The van der Waals surface area contributed by atoms with Gasteiger partial charge in [0.25, 0.3) is 0 Å². The quantitative estimate of drug-likeness (QED) is 0.448. The Morgan fingerprint density at radius 2 is 1.54 bits per heavy atom. The highest BCUT2D eigenvalue weighted by atomic mass is 35.5. The van der Waals surface area contributed by atoms with Gasteiger partial charge in [-0.3, -0.25) is 13.9 Å². The predicted molar refractivity (Wildman–Crippen MR) is 150 cm³/mol. The van der Waals surface area contributed by atoms with Crippen molar-refractivity contribution in [3.05, 3.63) is 63.1 Å². The van der Waals surface area contributed by atoms with E-state index in [1.54, 1.807) is 51.1 Å². The Hall–Kier alpha value is -2.29.